The lowest BCUT2D eigenvalue weighted by molar-refractivity contribution is -0.384. The summed E-state index contributed by atoms with van der Waals surface area (Å²) in [5.74, 6) is -1.90. The topological polar surface area (TPSA) is 116 Å². The predicted molar refractivity (Wildman–Crippen MR) is 83.9 cm³/mol. The van der Waals surface area contributed by atoms with Crippen molar-refractivity contribution in [3.63, 3.8) is 0 Å². The van der Waals surface area contributed by atoms with Gasteiger partial charge in [0.2, 0.25) is 0 Å². The van der Waals surface area contributed by atoms with Gasteiger partial charge in [0, 0.05) is 12.1 Å². The summed E-state index contributed by atoms with van der Waals surface area (Å²) in [6.45, 7) is -0.202. The smallest absolute Gasteiger partial charge is 0.428 e. The number of hydroxylamine groups is 2. The zero-order chi connectivity index (χ0) is 18.4. The largest absolute Gasteiger partial charge is 0.534 e. The Labute approximate surface area is 147 Å². The first kappa shape index (κ1) is 16.2. The van der Waals surface area contributed by atoms with Crippen LogP contribution in [-0.2, 0) is 25.8 Å². The zero-order valence-electron chi connectivity index (χ0n) is 13.4. The van der Waals surface area contributed by atoms with E-state index >= 15 is 0 Å². The van der Waals surface area contributed by atoms with Gasteiger partial charge in [0.15, 0.2) is 0 Å². The molecule has 1 heterocycles. The maximum absolute atomic E-state index is 12.4. The molecule has 4 atom stereocenters. The minimum Gasteiger partial charge on any atom is -0.428 e. The van der Waals surface area contributed by atoms with Gasteiger partial charge in [-0.15, -0.1) is 0 Å². The van der Waals surface area contributed by atoms with Crippen LogP contribution in [0.1, 0.15) is 12.0 Å². The Morgan fingerprint density at radius 2 is 1.69 bits per heavy atom. The van der Waals surface area contributed by atoms with Gasteiger partial charge in [-0.05, 0) is 36.0 Å². The molecule has 134 valence electrons. The number of rotatable bonds is 4. The molecular weight excluding hydrogens is 344 g/mol. The highest BCUT2D eigenvalue weighted by Gasteiger charge is 2.61. The first-order valence-corrected chi connectivity index (χ1v) is 8.10. The quantitative estimate of drug-likeness (QED) is 0.265. The molecule has 9 nitrogen and oxygen atoms in total. The predicted octanol–water partition coefficient (Wildman–Crippen LogP) is 1.97. The van der Waals surface area contributed by atoms with Gasteiger partial charge >= 0.3 is 6.16 Å². The Balaban J connectivity index is 1.35. The molecule has 2 bridgehead atoms. The molecule has 0 radical (unpaired) electrons. The fraction of sp³-hybridized carbons (Fsp3) is 0.353. The highest BCUT2D eigenvalue weighted by molar-refractivity contribution is 6.05. The van der Waals surface area contributed by atoms with E-state index < -0.39 is 34.7 Å². The standard InChI is InChI=1S/C17H14N2O7/c20-15-13-10-3-4-11(7-10)14(13)16(21)18(15)26-17(22)25-8-9-1-5-12(6-2-9)19(23)24/h1-6,10-11,13-14H,7-8H2/t10-,11-,13-,14+/m0/s1. The number of fused-ring (bicyclic) bond motifs is 5. The molecule has 1 aromatic rings. The lowest BCUT2D eigenvalue weighted by atomic mass is 9.85. The number of hydrogen-bond acceptors (Lipinski definition) is 7. The molecule has 26 heavy (non-hydrogen) atoms. The number of imide groups is 1. The zero-order valence-corrected chi connectivity index (χ0v) is 13.4. The first-order valence-electron chi connectivity index (χ1n) is 8.10. The van der Waals surface area contributed by atoms with E-state index in [4.69, 9.17) is 9.57 Å². The summed E-state index contributed by atoms with van der Waals surface area (Å²) in [4.78, 5) is 51.4. The van der Waals surface area contributed by atoms with Gasteiger partial charge in [-0.25, -0.2) is 4.79 Å². The third kappa shape index (κ3) is 2.52. The van der Waals surface area contributed by atoms with Crippen LogP contribution in [0.5, 0.6) is 0 Å². The molecule has 0 aromatic heterocycles. The van der Waals surface area contributed by atoms with E-state index in [0.29, 0.717) is 10.6 Å². The highest BCUT2D eigenvalue weighted by atomic mass is 16.8. The van der Waals surface area contributed by atoms with Crippen molar-refractivity contribution in [2.24, 2.45) is 23.7 Å². The number of hydrogen-bond donors (Lipinski definition) is 0. The lowest BCUT2D eigenvalue weighted by Crippen LogP contribution is -2.35. The second kappa shape index (κ2) is 5.94. The molecule has 1 saturated heterocycles. The van der Waals surface area contributed by atoms with E-state index in [1.165, 1.54) is 24.3 Å². The van der Waals surface area contributed by atoms with Gasteiger partial charge in [0.25, 0.3) is 17.5 Å². The van der Waals surface area contributed by atoms with E-state index in [1.54, 1.807) is 0 Å². The summed E-state index contributed by atoms with van der Waals surface area (Å²) < 4.78 is 4.89. The van der Waals surface area contributed by atoms with Crippen LogP contribution in [0.15, 0.2) is 36.4 Å². The van der Waals surface area contributed by atoms with Gasteiger partial charge in [-0.1, -0.05) is 17.2 Å². The minimum atomic E-state index is -1.18. The van der Waals surface area contributed by atoms with Crippen molar-refractivity contribution in [1.82, 2.24) is 5.06 Å². The third-order valence-corrected chi connectivity index (χ3v) is 5.10. The van der Waals surface area contributed by atoms with Crippen molar-refractivity contribution in [2.45, 2.75) is 13.0 Å². The minimum absolute atomic E-state index is 0.0196. The number of carbonyl (C=O) groups is 3. The lowest BCUT2D eigenvalue weighted by Gasteiger charge is -2.15. The summed E-state index contributed by atoms with van der Waals surface area (Å²) in [6.07, 6.45) is 3.48. The van der Waals surface area contributed by atoms with Crippen LogP contribution < -0.4 is 0 Å². The summed E-state index contributed by atoms with van der Waals surface area (Å²) >= 11 is 0. The van der Waals surface area contributed by atoms with Crippen molar-refractivity contribution >= 4 is 23.7 Å². The summed E-state index contributed by atoms with van der Waals surface area (Å²) in [6, 6.07) is 5.43. The van der Waals surface area contributed by atoms with Crippen molar-refractivity contribution in [3.05, 3.63) is 52.1 Å². The van der Waals surface area contributed by atoms with E-state index in [9.17, 15) is 24.5 Å². The Hall–Kier alpha value is -3.23. The number of benzene rings is 1. The average molecular weight is 358 g/mol. The van der Waals surface area contributed by atoms with Crippen LogP contribution in [0.4, 0.5) is 10.5 Å². The van der Waals surface area contributed by atoms with Crippen molar-refractivity contribution in [1.29, 1.82) is 0 Å². The van der Waals surface area contributed by atoms with E-state index in [1.807, 2.05) is 12.2 Å². The highest BCUT2D eigenvalue weighted by Crippen LogP contribution is 2.52. The summed E-state index contributed by atoms with van der Waals surface area (Å²) in [7, 11) is 0. The van der Waals surface area contributed by atoms with Gasteiger partial charge < -0.3 is 4.74 Å². The van der Waals surface area contributed by atoms with Gasteiger partial charge in [-0.2, -0.15) is 0 Å². The maximum atomic E-state index is 12.4. The SMILES string of the molecule is O=C(OCc1ccc([N+](=O)[O-])cc1)ON1C(=O)[C@@H]2[C@H](C1=O)[C@H]1C=C[C@H]2C1. The Morgan fingerprint density at radius 1 is 1.12 bits per heavy atom. The Morgan fingerprint density at radius 3 is 2.23 bits per heavy atom. The van der Waals surface area contributed by atoms with Crippen molar-refractivity contribution in [3.8, 4) is 0 Å². The molecule has 2 fully saturated rings. The third-order valence-electron chi connectivity index (χ3n) is 5.10. The maximum Gasteiger partial charge on any atom is 0.534 e. The number of amides is 2. The number of ether oxygens (including phenoxy) is 1. The molecule has 9 heteroatoms. The fourth-order valence-corrected chi connectivity index (χ4v) is 3.92. The number of non-ortho nitro benzene ring substituents is 1. The molecule has 3 aliphatic rings. The van der Waals surface area contributed by atoms with Crippen LogP contribution in [0, 0.1) is 33.8 Å². The van der Waals surface area contributed by atoms with Gasteiger partial charge in [0.1, 0.15) is 6.61 Å². The molecule has 1 aliphatic heterocycles. The molecule has 2 aliphatic carbocycles. The summed E-state index contributed by atoms with van der Waals surface area (Å²) in [5, 5.41) is 11.1. The van der Waals surface area contributed by atoms with Crippen LogP contribution >= 0.6 is 0 Å². The first-order chi connectivity index (χ1) is 12.5. The van der Waals surface area contributed by atoms with Crippen LogP contribution in [-0.4, -0.2) is 28.0 Å². The molecule has 0 N–H and O–H groups in total. The van der Waals surface area contributed by atoms with Crippen molar-refractivity contribution < 1.29 is 28.9 Å². The van der Waals surface area contributed by atoms with Gasteiger partial charge in [0.05, 0.1) is 16.8 Å². The molecule has 2 amide bonds. The monoisotopic (exact) mass is 358 g/mol. The Bertz CT molecular complexity index is 802. The van der Waals surface area contributed by atoms with E-state index in [0.717, 1.165) is 6.42 Å². The number of nitrogens with zero attached hydrogens (tertiary/aromatic N) is 2. The second-order valence-corrected chi connectivity index (χ2v) is 6.52. The molecular formula is C17H14N2O7. The van der Waals surface area contributed by atoms with Crippen LogP contribution in [0.3, 0.4) is 0 Å². The van der Waals surface area contributed by atoms with Crippen LogP contribution in [0.2, 0.25) is 0 Å². The molecule has 1 aromatic carbocycles. The number of nitro groups is 1. The fourth-order valence-electron chi connectivity index (χ4n) is 3.92. The molecule has 0 unspecified atom stereocenters. The number of carbonyl (C=O) groups excluding carboxylic acids is 3. The molecule has 1 saturated carbocycles. The van der Waals surface area contributed by atoms with Gasteiger partial charge in [-0.3, -0.25) is 24.5 Å². The van der Waals surface area contributed by atoms with Crippen LogP contribution in [0.25, 0.3) is 0 Å². The number of nitro benzene ring substituents is 1. The Kier molecular flexibility index (Phi) is 3.71. The van der Waals surface area contributed by atoms with Crippen molar-refractivity contribution in [2.75, 3.05) is 0 Å². The molecule has 4 rings (SSSR count). The number of allylic oxidation sites excluding steroid dienone is 2. The van der Waals surface area contributed by atoms with E-state index in [-0.39, 0.29) is 24.1 Å². The molecule has 0 spiro atoms. The normalized spacial score (nSPS) is 28.4. The average Bonchev–Trinajstić information content (AvgIpc) is 3.30. The van der Waals surface area contributed by atoms with E-state index in [2.05, 4.69) is 0 Å². The second-order valence-electron chi connectivity index (χ2n) is 6.52. The summed E-state index contributed by atoms with van der Waals surface area (Å²) in [5.41, 5.74) is 0.421.